The molecule has 0 unspecified atom stereocenters. The average Bonchev–Trinajstić information content (AvgIpc) is 2.59. The second-order valence-electron chi connectivity index (χ2n) is 3.76. The Bertz CT molecular complexity index is 470. The molecule has 4 N–H and O–H groups in total. The number of aryl methyl sites for hydroxylation is 2. The third-order valence-corrected chi connectivity index (χ3v) is 2.48. The molecule has 0 aliphatic heterocycles. The van der Waals surface area contributed by atoms with Crippen molar-refractivity contribution in [1.82, 2.24) is 9.97 Å². The summed E-state index contributed by atoms with van der Waals surface area (Å²) in [7, 11) is 0. The lowest BCUT2D eigenvalue weighted by molar-refractivity contribution is 1.14. The van der Waals surface area contributed by atoms with Gasteiger partial charge in [-0.1, -0.05) is 19.1 Å². The summed E-state index contributed by atoms with van der Waals surface area (Å²) in [4.78, 5) is 7.21. The first kappa shape index (κ1) is 10.5. The molecule has 0 spiro atoms. The minimum Gasteiger partial charge on any atom is -0.382 e. The molecule has 2 aromatic rings. The summed E-state index contributed by atoms with van der Waals surface area (Å²) in [5.74, 6) is 2.06. The van der Waals surface area contributed by atoms with Crippen molar-refractivity contribution in [2.45, 2.75) is 20.3 Å². The van der Waals surface area contributed by atoms with Crippen LogP contribution in [0.1, 0.15) is 18.3 Å². The molecule has 1 heterocycles. The van der Waals surface area contributed by atoms with Crippen molar-refractivity contribution in [3.8, 4) is 0 Å². The zero-order chi connectivity index (χ0) is 11.5. The van der Waals surface area contributed by atoms with Gasteiger partial charge in [0.2, 0.25) is 0 Å². The molecule has 0 aliphatic carbocycles. The van der Waals surface area contributed by atoms with Crippen molar-refractivity contribution >= 4 is 17.3 Å². The summed E-state index contributed by atoms with van der Waals surface area (Å²) in [6, 6.07) is 8.25. The van der Waals surface area contributed by atoms with Crippen LogP contribution in [-0.2, 0) is 6.42 Å². The van der Waals surface area contributed by atoms with Gasteiger partial charge in [-0.3, -0.25) is 0 Å². The van der Waals surface area contributed by atoms with Gasteiger partial charge in [-0.15, -0.1) is 0 Å². The Labute approximate surface area is 94.9 Å². The van der Waals surface area contributed by atoms with Crippen LogP contribution in [0.4, 0.5) is 17.3 Å². The highest BCUT2D eigenvalue weighted by molar-refractivity contribution is 5.66. The van der Waals surface area contributed by atoms with Crippen molar-refractivity contribution in [3.05, 3.63) is 35.7 Å². The van der Waals surface area contributed by atoms with Gasteiger partial charge in [-0.05, 0) is 31.0 Å². The van der Waals surface area contributed by atoms with Crippen molar-refractivity contribution in [2.75, 3.05) is 11.1 Å². The van der Waals surface area contributed by atoms with Crippen LogP contribution < -0.4 is 11.1 Å². The maximum Gasteiger partial charge on any atom is 0.173 e. The summed E-state index contributed by atoms with van der Waals surface area (Å²) in [6.07, 6.45) is 1.05. The predicted molar refractivity (Wildman–Crippen MR) is 66.8 cm³/mol. The Hall–Kier alpha value is -1.97. The minimum atomic E-state index is 0.567. The fourth-order valence-corrected chi connectivity index (χ4v) is 1.57. The van der Waals surface area contributed by atoms with Crippen molar-refractivity contribution in [1.29, 1.82) is 0 Å². The molecule has 0 fully saturated rings. The summed E-state index contributed by atoms with van der Waals surface area (Å²) < 4.78 is 0. The topological polar surface area (TPSA) is 66.7 Å². The molecule has 4 heteroatoms. The van der Waals surface area contributed by atoms with E-state index in [9.17, 15) is 0 Å². The highest BCUT2D eigenvalue weighted by Gasteiger charge is 2.04. The quantitative estimate of drug-likeness (QED) is 0.738. The molecular formula is C12H16N4. The van der Waals surface area contributed by atoms with Crippen molar-refractivity contribution in [3.63, 3.8) is 0 Å². The van der Waals surface area contributed by atoms with Crippen LogP contribution in [0.3, 0.4) is 0 Å². The Balaban J connectivity index is 2.17. The van der Waals surface area contributed by atoms with E-state index in [0.29, 0.717) is 11.6 Å². The molecule has 4 nitrogen and oxygen atoms in total. The maximum atomic E-state index is 5.76. The number of hydrogen-bond donors (Lipinski definition) is 3. The van der Waals surface area contributed by atoms with Gasteiger partial charge in [0.15, 0.2) is 5.82 Å². The Morgan fingerprint density at radius 3 is 2.50 bits per heavy atom. The lowest BCUT2D eigenvalue weighted by Crippen LogP contribution is -1.95. The van der Waals surface area contributed by atoms with E-state index in [1.54, 1.807) is 0 Å². The van der Waals surface area contributed by atoms with E-state index in [1.807, 2.05) is 19.1 Å². The molecule has 0 bridgehead atoms. The molecular weight excluding hydrogens is 200 g/mol. The molecule has 1 aromatic heterocycles. The maximum absolute atomic E-state index is 5.76. The third-order valence-electron chi connectivity index (χ3n) is 2.48. The van der Waals surface area contributed by atoms with Crippen molar-refractivity contribution in [2.24, 2.45) is 0 Å². The van der Waals surface area contributed by atoms with Gasteiger partial charge in [0.1, 0.15) is 11.6 Å². The molecule has 0 saturated heterocycles. The molecule has 0 aliphatic rings. The molecule has 84 valence electrons. The van der Waals surface area contributed by atoms with E-state index in [1.165, 1.54) is 5.56 Å². The number of nitrogens with zero attached hydrogens (tertiary/aromatic N) is 1. The van der Waals surface area contributed by atoms with Gasteiger partial charge in [0, 0.05) is 5.69 Å². The lowest BCUT2D eigenvalue weighted by atomic mass is 10.1. The summed E-state index contributed by atoms with van der Waals surface area (Å²) >= 11 is 0. The number of nitrogens with two attached hydrogens (primary N) is 1. The standard InChI is InChI=1S/C12H16N4/c1-3-9-4-6-10(7-5-9)16-12-11(13)14-8(2)15-12/h4-7,16H,3,13H2,1-2H3,(H,14,15). The average molecular weight is 216 g/mol. The van der Waals surface area contributed by atoms with Gasteiger partial charge in [-0.25, -0.2) is 4.98 Å². The number of anilines is 3. The third kappa shape index (κ3) is 2.16. The molecule has 1 aromatic carbocycles. The summed E-state index contributed by atoms with van der Waals surface area (Å²) in [5, 5.41) is 3.18. The fraction of sp³-hybridized carbons (Fsp3) is 0.250. The molecule has 0 atom stereocenters. The number of aromatic nitrogens is 2. The SMILES string of the molecule is CCc1ccc(Nc2nc(C)[nH]c2N)cc1. The first-order valence-corrected chi connectivity index (χ1v) is 5.37. The largest absolute Gasteiger partial charge is 0.382 e. The van der Waals surface area contributed by atoms with Crippen LogP contribution in [0.15, 0.2) is 24.3 Å². The normalized spacial score (nSPS) is 10.4. The van der Waals surface area contributed by atoms with Gasteiger partial charge in [0.25, 0.3) is 0 Å². The van der Waals surface area contributed by atoms with Gasteiger partial charge in [-0.2, -0.15) is 0 Å². The fourth-order valence-electron chi connectivity index (χ4n) is 1.57. The van der Waals surface area contributed by atoms with Crippen molar-refractivity contribution < 1.29 is 0 Å². The number of H-pyrrole nitrogens is 1. The number of hydrogen-bond acceptors (Lipinski definition) is 3. The summed E-state index contributed by atoms with van der Waals surface area (Å²) in [5.41, 5.74) is 8.08. The van der Waals surface area contributed by atoms with Crippen LogP contribution in [0, 0.1) is 6.92 Å². The van der Waals surface area contributed by atoms with E-state index < -0.39 is 0 Å². The van der Waals surface area contributed by atoms with Gasteiger partial charge >= 0.3 is 0 Å². The molecule has 2 rings (SSSR count). The summed E-state index contributed by atoms with van der Waals surface area (Å²) in [6.45, 7) is 4.01. The van der Waals surface area contributed by atoms with E-state index in [0.717, 1.165) is 17.9 Å². The second-order valence-corrected chi connectivity index (χ2v) is 3.76. The van der Waals surface area contributed by atoms with Crippen LogP contribution in [0.5, 0.6) is 0 Å². The van der Waals surface area contributed by atoms with E-state index in [4.69, 9.17) is 5.73 Å². The first-order valence-electron chi connectivity index (χ1n) is 5.37. The smallest absolute Gasteiger partial charge is 0.173 e. The van der Waals surface area contributed by atoms with Crippen LogP contribution in [-0.4, -0.2) is 9.97 Å². The number of imidazole rings is 1. The predicted octanol–water partition coefficient (Wildman–Crippen LogP) is 2.61. The highest BCUT2D eigenvalue weighted by Crippen LogP contribution is 2.20. The number of nitrogens with one attached hydrogen (secondary N) is 2. The minimum absolute atomic E-state index is 0.567. The zero-order valence-electron chi connectivity index (χ0n) is 9.54. The molecule has 16 heavy (non-hydrogen) atoms. The zero-order valence-corrected chi connectivity index (χ0v) is 9.54. The van der Waals surface area contributed by atoms with E-state index >= 15 is 0 Å². The van der Waals surface area contributed by atoms with Crippen LogP contribution in [0.25, 0.3) is 0 Å². The number of rotatable bonds is 3. The van der Waals surface area contributed by atoms with Crippen LogP contribution >= 0.6 is 0 Å². The Kier molecular flexibility index (Phi) is 2.81. The number of nitrogen functional groups attached to an aromatic ring is 1. The molecule has 0 amide bonds. The Morgan fingerprint density at radius 2 is 2.00 bits per heavy atom. The molecule has 0 radical (unpaired) electrons. The second kappa shape index (κ2) is 4.26. The first-order chi connectivity index (χ1) is 7.69. The van der Waals surface area contributed by atoms with Gasteiger partial charge in [0.05, 0.1) is 0 Å². The van der Waals surface area contributed by atoms with Gasteiger partial charge < -0.3 is 16.0 Å². The van der Waals surface area contributed by atoms with Crippen LogP contribution in [0.2, 0.25) is 0 Å². The number of benzene rings is 1. The highest BCUT2D eigenvalue weighted by atomic mass is 15.1. The lowest BCUT2D eigenvalue weighted by Gasteiger charge is -2.04. The number of aromatic amines is 1. The molecule has 0 saturated carbocycles. The van der Waals surface area contributed by atoms with E-state index in [2.05, 4.69) is 34.3 Å². The Morgan fingerprint density at radius 1 is 1.31 bits per heavy atom. The van der Waals surface area contributed by atoms with E-state index in [-0.39, 0.29) is 0 Å². The monoisotopic (exact) mass is 216 g/mol.